The van der Waals surface area contributed by atoms with Crippen molar-refractivity contribution in [1.29, 1.82) is 0 Å². The number of aliphatic hydroxyl groups is 1. The van der Waals surface area contributed by atoms with Gasteiger partial charge in [0.1, 0.15) is 22.8 Å². The number of rotatable bonds is 13. The number of cyclic esters (lactones) is 1. The maximum atomic E-state index is 11.4. The Balaban J connectivity index is 1.57. The minimum absolute atomic E-state index is 0.168. The van der Waals surface area contributed by atoms with Crippen LogP contribution in [0.5, 0.6) is 11.5 Å². The number of carbonyl (C=O) groups excluding carboxylic acids is 2. The van der Waals surface area contributed by atoms with Crippen molar-refractivity contribution >= 4 is 11.8 Å². The summed E-state index contributed by atoms with van der Waals surface area (Å²) in [5, 5.41) is 9.87. The lowest BCUT2D eigenvalue weighted by molar-refractivity contribution is -0.135. The average molecular weight is 390 g/mol. The molecule has 1 heterocycles. The van der Waals surface area contributed by atoms with Gasteiger partial charge in [-0.1, -0.05) is 26.2 Å². The third-order valence-electron chi connectivity index (χ3n) is 4.52. The predicted molar refractivity (Wildman–Crippen MR) is 106 cm³/mol. The zero-order chi connectivity index (χ0) is 20.2. The minimum atomic E-state index is -0.723. The van der Waals surface area contributed by atoms with Gasteiger partial charge in [0.05, 0.1) is 13.2 Å². The zero-order valence-corrected chi connectivity index (χ0v) is 16.6. The molecule has 1 aliphatic heterocycles. The Morgan fingerprint density at radius 1 is 0.929 bits per heavy atom. The van der Waals surface area contributed by atoms with Crippen molar-refractivity contribution in [2.24, 2.45) is 0 Å². The molecule has 0 unspecified atom stereocenters. The molecule has 0 bridgehead atoms. The Hall–Kier alpha value is -2.50. The second-order valence-corrected chi connectivity index (χ2v) is 6.86. The van der Waals surface area contributed by atoms with Crippen LogP contribution >= 0.6 is 0 Å². The Bertz CT molecular complexity index is 644. The fourth-order valence-electron chi connectivity index (χ4n) is 2.91. The topological polar surface area (TPSA) is 82.1 Å². The highest BCUT2D eigenvalue weighted by Crippen LogP contribution is 2.20. The number of unbranched alkanes of at least 4 members (excludes halogenated alkanes) is 5. The van der Waals surface area contributed by atoms with Crippen LogP contribution in [0.2, 0.25) is 0 Å². The first kappa shape index (κ1) is 21.8. The molecule has 1 saturated heterocycles. The van der Waals surface area contributed by atoms with E-state index >= 15 is 0 Å². The number of hydrogen-bond donors (Lipinski definition) is 1. The number of benzene rings is 1. The van der Waals surface area contributed by atoms with Gasteiger partial charge in [0.15, 0.2) is 6.61 Å². The smallest absolute Gasteiger partial charge is 0.345 e. The molecule has 154 valence electrons. The molecule has 1 fully saturated rings. The van der Waals surface area contributed by atoms with Gasteiger partial charge >= 0.3 is 5.97 Å². The first-order chi connectivity index (χ1) is 13.6. The molecule has 0 amide bonds. The molecule has 6 heteroatoms. The first-order valence-corrected chi connectivity index (χ1v) is 10.1. The van der Waals surface area contributed by atoms with Gasteiger partial charge in [-0.25, -0.2) is 4.79 Å². The quantitative estimate of drug-likeness (QED) is 0.175. The lowest BCUT2D eigenvalue weighted by Gasteiger charge is -2.09. The van der Waals surface area contributed by atoms with Gasteiger partial charge in [-0.3, -0.25) is 4.79 Å². The first-order valence-electron chi connectivity index (χ1n) is 10.1. The van der Waals surface area contributed by atoms with Crippen molar-refractivity contribution in [2.45, 2.75) is 58.3 Å². The lowest BCUT2D eigenvalue weighted by Crippen LogP contribution is -2.06. The van der Waals surface area contributed by atoms with Crippen molar-refractivity contribution in [2.75, 3.05) is 19.8 Å². The highest BCUT2D eigenvalue weighted by molar-refractivity contribution is 6.22. The van der Waals surface area contributed by atoms with Crippen LogP contribution in [0.15, 0.2) is 35.6 Å². The molecule has 1 aromatic rings. The molecular weight excluding hydrogens is 360 g/mol. The van der Waals surface area contributed by atoms with Crippen LogP contribution in [-0.2, 0) is 14.3 Å². The van der Waals surface area contributed by atoms with Crippen LogP contribution in [0.1, 0.15) is 58.3 Å². The molecule has 1 aliphatic rings. The van der Waals surface area contributed by atoms with Gasteiger partial charge in [0.25, 0.3) is 0 Å². The number of hydrogen-bond acceptors (Lipinski definition) is 6. The molecule has 0 spiro atoms. The second kappa shape index (κ2) is 12.1. The summed E-state index contributed by atoms with van der Waals surface area (Å²) in [5.41, 5.74) is -0.191. The Labute approximate surface area is 166 Å². The summed E-state index contributed by atoms with van der Waals surface area (Å²) in [4.78, 5) is 22.8. The molecule has 0 radical (unpaired) electrons. The van der Waals surface area contributed by atoms with E-state index in [2.05, 4.69) is 11.7 Å². The van der Waals surface area contributed by atoms with Crippen LogP contribution in [0.4, 0.5) is 0 Å². The Morgan fingerprint density at radius 2 is 1.50 bits per heavy atom. The van der Waals surface area contributed by atoms with Gasteiger partial charge in [-0.05, 0) is 49.9 Å². The molecule has 0 aliphatic carbocycles. The van der Waals surface area contributed by atoms with E-state index in [0.717, 1.165) is 37.4 Å². The van der Waals surface area contributed by atoms with Crippen LogP contribution in [-0.4, -0.2) is 36.7 Å². The van der Waals surface area contributed by atoms with Crippen LogP contribution in [0, 0.1) is 0 Å². The number of ketones is 1. The van der Waals surface area contributed by atoms with Crippen molar-refractivity contribution in [1.82, 2.24) is 0 Å². The van der Waals surface area contributed by atoms with Crippen LogP contribution < -0.4 is 9.47 Å². The molecule has 0 atom stereocenters. The van der Waals surface area contributed by atoms with Gasteiger partial charge in [-0.15, -0.1) is 0 Å². The third-order valence-corrected chi connectivity index (χ3v) is 4.52. The number of aliphatic hydroxyl groups excluding tert-OH is 1. The molecule has 6 nitrogen and oxygen atoms in total. The summed E-state index contributed by atoms with van der Waals surface area (Å²) in [5.74, 6) is 0.312. The number of carbonyl (C=O) groups is 2. The normalized spacial score (nSPS) is 15.5. The van der Waals surface area contributed by atoms with E-state index in [-0.39, 0.29) is 17.9 Å². The van der Waals surface area contributed by atoms with Gasteiger partial charge in [0.2, 0.25) is 5.78 Å². The zero-order valence-electron chi connectivity index (χ0n) is 16.6. The van der Waals surface area contributed by atoms with Gasteiger partial charge in [0, 0.05) is 6.42 Å². The van der Waals surface area contributed by atoms with E-state index in [1.54, 1.807) is 0 Å². The van der Waals surface area contributed by atoms with Crippen molar-refractivity contribution in [3.63, 3.8) is 0 Å². The molecule has 28 heavy (non-hydrogen) atoms. The monoisotopic (exact) mass is 390 g/mol. The SMILES string of the molecule is CCCCCCOc1ccc(OCCCCC/C(O)=C2/C(=O)COC2=O)cc1. The van der Waals surface area contributed by atoms with Crippen molar-refractivity contribution < 1.29 is 28.9 Å². The van der Waals surface area contributed by atoms with E-state index in [4.69, 9.17) is 9.47 Å². The summed E-state index contributed by atoms with van der Waals surface area (Å²) >= 11 is 0. The molecular formula is C22H30O6. The summed E-state index contributed by atoms with van der Waals surface area (Å²) < 4.78 is 16.0. The van der Waals surface area contributed by atoms with Crippen LogP contribution in [0.25, 0.3) is 0 Å². The standard InChI is InChI=1S/C22H30O6/c1-2-3-4-7-14-26-17-10-12-18(13-11-17)27-15-8-5-6-9-19(23)21-20(24)16-28-22(21)25/h10-13,23H,2-9,14-16H2,1H3/b21-19+. The van der Waals surface area contributed by atoms with E-state index < -0.39 is 11.8 Å². The summed E-state index contributed by atoms with van der Waals surface area (Å²) in [7, 11) is 0. The predicted octanol–water partition coefficient (Wildman–Crippen LogP) is 4.52. The largest absolute Gasteiger partial charge is 0.511 e. The Kier molecular flexibility index (Phi) is 9.39. The molecule has 1 aromatic carbocycles. The van der Waals surface area contributed by atoms with E-state index in [1.165, 1.54) is 19.3 Å². The molecule has 2 rings (SSSR count). The molecule has 0 aromatic heterocycles. The number of allylic oxidation sites excluding steroid dienone is 1. The summed E-state index contributed by atoms with van der Waals surface area (Å²) in [6.07, 6.45) is 7.35. The summed E-state index contributed by atoms with van der Waals surface area (Å²) in [6.45, 7) is 3.23. The fraction of sp³-hybridized carbons (Fsp3) is 0.545. The molecule has 1 N–H and O–H groups in total. The van der Waals surface area contributed by atoms with Crippen molar-refractivity contribution in [3.8, 4) is 11.5 Å². The van der Waals surface area contributed by atoms with Crippen molar-refractivity contribution in [3.05, 3.63) is 35.6 Å². The maximum absolute atomic E-state index is 11.4. The third kappa shape index (κ3) is 7.25. The second-order valence-electron chi connectivity index (χ2n) is 6.86. The summed E-state index contributed by atoms with van der Waals surface area (Å²) in [6, 6.07) is 7.62. The number of esters is 1. The maximum Gasteiger partial charge on any atom is 0.345 e. The number of ether oxygens (including phenoxy) is 3. The lowest BCUT2D eigenvalue weighted by atomic mass is 10.1. The van der Waals surface area contributed by atoms with Crippen LogP contribution in [0.3, 0.4) is 0 Å². The van der Waals surface area contributed by atoms with E-state index in [0.29, 0.717) is 19.4 Å². The van der Waals surface area contributed by atoms with Gasteiger partial charge < -0.3 is 19.3 Å². The number of Topliss-reactive ketones (excluding diaryl/α,β-unsaturated/α-hetero) is 1. The minimum Gasteiger partial charge on any atom is -0.511 e. The van der Waals surface area contributed by atoms with E-state index in [9.17, 15) is 14.7 Å². The molecule has 0 saturated carbocycles. The fourth-order valence-corrected chi connectivity index (χ4v) is 2.91. The average Bonchev–Trinajstić information content (AvgIpc) is 3.03. The Morgan fingerprint density at radius 3 is 2.00 bits per heavy atom. The highest BCUT2D eigenvalue weighted by Gasteiger charge is 2.31. The van der Waals surface area contributed by atoms with E-state index in [1.807, 2.05) is 24.3 Å². The highest BCUT2D eigenvalue weighted by atomic mass is 16.5. The van der Waals surface area contributed by atoms with Gasteiger partial charge in [-0.2, -0.15) is 0 Å².